The minimum Gasteiger partial charge on any atom is -0.399 e. The third kappa shape index (κ3) is 3.46. The molecule has 2 rings (SSSR count). The molecule has 0 amide bonds. The van der Waals surface area contributed by atoms with Gasteiger partial charge in [-0.2, -0.15) is 5.26 Å². The quantitative estimate of drug-likeness (QED) is 0.686. The second-order valence-corrected chi connectivity index (χ2v) is 4.96. The van der Waals surface area contributed by atoms with E-state index in [1.165, 1.54) is 23.9 Å². The highest BCUT2D eigenvalue weighted by atomic mass is 32.2. The van der Waals surface area contributed by atoms with Crippen molar-refractivity contribution >= 4 is 17.4 Å². The first kappa shape index (κ1) is 13.4. The SMILES string of the molecule is N#Cc1cc(F)cc(CSc2ccc(N)cc2F)c1. The maximum absolute atomic E-state index is 13.6. The van der Waals surface area contributed by atoms with Gasteiger partial charge in [0, 0.05) is 16.3 Å². The third-order valence-corrected chi connectivity index (χ3v) is 3.56. The van der Waals surface area contributed by atoms with E-state index >= 15 is 0 Å². The summed E-state index contributed by atoms with van der Waals surface area (Å²) < 4.78 is 26.8. The topological polar surface area (TPSA) is 49.8 Å². The summed E-state index contributed by atoms with van der Waals surface area (Å²) in [7, 11) is 0. The van der Waals surface area contributed by atoms with E-state index in [4.69, 9.17) is 11.0 Å². The van der Waals surface area contributed by atoms with Crippen LogP contribution in [0.4, 0.5) is 14.5 Å². The zero-order valence-corrected chi connectivity index (χ0v) is 10.7. The van der Waals surface area contributed by atoms with Crippen LogP contribution in [0.15, 0.2) is 41.3 Å². The molecule has 0 aromatic heterocycles. The van der Waals surface area contributed by atoms with Crippen molar-refractivity contribution in [3.63, 3.8) is 0 Å². The molecule has 0 aliphatic heterocycles. The maximum atomic E-state index is 13.6. The predicted octanol–water partition coefficient (Wildman–Crippen LogP) is 3.71. The van der Waals surface area contributed by atoms with Gasteiger partial charge in [-0.25, -0.2) is 8.78 Å². The number of nitrogens with two attached hydrogens (primary N) is 1. The largest absolute Gasteiger partial charge is 0.399 e. The number of nitrogen functional groups attached to an aromatic ring is 1. The van der Waals surface area contributed by atoms with Gasteiger partial charge in [0.2, 0.25) is 0 Å². The lowest BCUT2D eigenvalue weighted by Gasteiger charge is -2.05. The minimum atomic E-state index is -0.465. The summed E-state index contributed by atoms with van der Waals surface area (Å²) in [5.41, 5.74) is 6.71. The molecule has 0 radical (unpaired) electrons. The summed E-state index contributed by atoms with van der Waals surface area (Å²) >= 11 is 1.23. The molecule has 19 heavy (non-hydrogen) atoms. The molecule has 0 saturated heterocycles. The number of nitriles is 1. The molecule has 0 aliphatic rings. The zero-order valence-electron chi connectivity index (χ0n) is 9.86. The van der Waals surface area contributed by atoms with Gasteiger partial charge in [0.05, 0.1) is 11.6 Å². The van der Waals surface area contributed by atoms with Gasteiger partial charge in [-0.1, -0.05) is 0 Å². The molecular weight excluding hydrogens is 266 g/mol. The van der Waals surface area contributed by atoms with Crippen LogP contribution in [0.2, 0.25) is 0 Å². The van der Waals surface area contributed by atoms with E-state index in [0.29, 0.717) is 21.9 Å². The normalized spacial score (nSPS) is 10.2. The number of halogens is 2. The van der Waals surface area contributed by atoms with Gasteiger partial charge in [0.15, 0.2) is 0 Å². The van der Waals surface area contributed by atoms with Crippen LogP contribution in [0.1, 0.15) is 11.1 Å². The number of benzene rings is 2. The Bertz CT molecular complexity index is 650. The fourth-order valence-corrected chi connectivity index (χ4v) is 2.44. The first-order chi connectivity index (χ1) is 9.08. The molecule has 0 unspecified atom stereocenters. The van der Waals surface area contributed by atoms with Gasteiger partial charge in [-0.15, -0.1) is 11.8 Å². The first-order valence-corrected chi connectivity index (χ1v) is 6.44. The smallest absolute Gasteiger partial charge is 0.138 e. The molecule has 0 bridgehead atoms. The Morgan fingerprint density at radius 1 is 1.16 bits per heavy atom. The maximum Gasteiger partial charge on any atom is 0.138 e. The number of rotatable bonds is 3. The van der Waals surface area contributed by atoms with E-state index in [2.05, 4.69) is 0 Å². The van der Waals surface area contributed by atoms with Crippen molar-refractivity contribution in [1.29, 1.82) is 5.26 Å². The minimum absolute atomic E-state index is 0.258. The standard InChI is InChI=1S/C14H10F2N2S/c15-11-4-9(7-17)3-10(5-11)8-19-14-2-1-12(18)6-13(14)16/h1-6H,8,18H2. The van der Waals surface area contributed by atoms with Gasteiger partial charge < -0.3 is 5.73 Å². The highest BCUT2D eigenvalue weighted by Crippen LogP contribution is 2.27. The van der Waals surface area contributed by atoms with E-state index in [-0.39, 0.29) is 5.56 Å². The average molecular weight is 276 g/mol. The zero-order chi connectivity index (χ0) is 13.8. The molecule has 96 valence electrons. The van der Waals surface area contributed by atoms with Gasteiger partial charge in [-0.05, 0) is 42.0 Å². The number of hydrogen-bond donors (Lipinski definition) is 1. The van der Waals surface area contributed by atoms with Crippen molar-refractivity contribution < 1.29 is 8.78 Å². The van der Waals surface area contributed by atoms with E-state index in [9.17, 15) is 8.78 Å². The second-order valence-electron chi connectivity index (χ2n) is 3.94. The van der Waals surface area contributed by atoms with Crippen molar-refractivity contribution in [2.24, 2.45) is 0 Å². The van der Waals surface area contributed by atoms with Crippen molar-refractivity contribution in [3.05, 3.63) is 59.2 Å². The Labute approximate surface area is 113 Å². The Kier molecular flexibility index (Phi) is 4.03. The van der Waals surface area contributed by atoms with Crippen LogP contribution >= 0.6 is 11.8 Å². The summed E-state index contributed by atoms with van der Waals surface area (Å²) in [6, 6.07) is 10.4. The Morgan fingerprint density at radius 3 is 2.63 bits per heavy atom. The fraction of sp³-hybridized carbons (Fsp3) is 0.0714. The molecule has 0 saturated carbocycles. The monoisotopic (exact) mass is 276 g/mol. The molecule has 0 heterocycles. The van der Waals surface area contributed by atoms with Crippen LogP contribution in [0.25, 0.3) is 0 Å². The summed E-state index contributed by atoms with van der Waals surface area (Å²) in [6.45, 7) is 0. The lowest BCUT2D eigenvalue weighted by molar-refractivity contribution is 0.602. The van der Waals surface area contributed by atoms with Crippen molar-refractivity contribution in [3.8, 4) is 6.07 Å². The first-order valence-electron chi connectivity index (χ1n) is 5.46. The Balaban J connectivity index is 2.14. The van der Waals surface area contributed by atoms with E-state index in [1.54, 1.807) is 18.2 Å². The molecule has 2 aromatic rings. The van der Waals surface area contributed by atoms with Crippen molar-refractivity contribution in [2.75, 3.05) is 5.73 Å². The third-order valence-electron chi connectivity index (χ3n) is 2.44. The average Bonchev–Trinajstić information content (AvgIpc) is 2.37. The van der Waals surface area contributed by atoms with Crippen LogP contribution in [-0.4, -0.2) is 0 Å². The van der Waals surface area contributed by atoms with E-state index in [0.717, 1.165) is 6.07 Å². The molecular formula is C14H10F2N2S. The highest BCUT2D eigenvalue weighted by Gasteiger charge is 2.05. The van der Waals surface area contributed by atoms with Gasteiger partial charge in [0.25, 0.3) is 0 Å². The van der Waals surface area contributed by atoms with Gasteiger partial charge in [0.1, 0.15) is 11.6 Å². The Morgan fingerprint density at radius 2 is 1.95 bits per heavy atom. The molecule has 0 fully saturated rings. The number of nitrogens with zero attached hydrogens (tertiary/aromatic N) is 1. The summed E-state index contributed by atoms with van der Waals surface area (Å²) in [6.07, 6.45) is 0. The molecule has 0 atom stereocenters. The van der Waals surface area contributed by atoms with E-state index in [1.807, 2.05) is 6.07 Å². The van der Waals surface area contributed by atoms with Crippen LogP contribution in [0.5, 0.6) is 0 Å². The highest BCUT2D eigenvalue weighted by molar-refractivity contribution is 7.98. The lowest BCUT2D eigenvalue weighted by atomic mass is 10.1. The molecule has 0 spiro atoms. The van der Waals surface area contributed by atoms with Crippen LogP contribution in [0, 0.1) is 23.0 Å². The molecule has 0 aliphatic carbocycles. The molecule has 2 aromatic carbocycles. The number of anilines is 1. The van der Waals surface area contributed by atoms with Crippen molar-refractivity contribution in [2.45, 2.75) is 10.6 Å². The van der Waals surface area contributed by atoms with Gasteiger partial charge in [-0.3, -0.25) is 0 Å². The fourth-order valence-electron chi connectivity index (χ4n) is 1.59. The number of thioether (sulfide) groups is 1. The summed E-state index contributed by atoms with van der Waals surface area (Å²) in [5, 5.41) is 8.75. The summed E-state index contributed by atoms with van der Waals surface area (Å²) in [4.78, 5) is 0.442. The summed E-state index contributed by atoms with van der Waals surface area (Å²) in [5.74, 6) is -0.484. The second kappa shape index (κ2) is 5.72. The number of hydrogen-bond acceptors (Lipinski definition) is 3. The van der Waals surface area contributed by atoms with E-state index < -0.39 is 11.6 Å². The molecule has 2 nitrogen and oxygen atoms in total. The van der Waals surface area contributed by atoms with Crippen LogP contribution in [-0.2, 0) is 5.75 Å². The lowest BCUT2D eigenvalue weighted by Crippen LogP contribution is -1.90. The predicted molar refractivity (Wildman–Crippen MR) is 71.5 cm³/mol. The van der Waals surface area contributed by atoms with Crippen LogP contribution < -0.4 is 5.73 Å². The molecule has 2 N–H and O–H groups in total. The Hall–Kier alpha value is -2.06. The molecule has 5 heteroatoms. The van der Waals surface area contributed by atoms with Crippen LogP contribution in [0.3, 0.4) is 0 Å². The van der Waals surface area contributed by atoms with Crippen molar-refractivity contribution in [1.82, 2.24) is 0 Å². The van der Waals surface area contributed by atoms with Gasteiger partial charge >= 0.3 is 0 Å².